The van der Waals surface area contributed by atoms with Crippen LogP contribution in [0.4, 0.5) is 0 Å². The number of aromatic nitrogens is 2. The lowest BCUT2D eigenvalue weighted by atomic mass is 10.1. The van der Waals surface area contributed by atoms with Crippen molar-refractivity contribution < 1.29 is 9.53 Å². The van der Waals surface area contributed by atoms with Crippen LogP contribution < -0.4 is 10.2 Å². The monoisotopic (exact) mass is 376 g/mol. The number of aromatic amines is 1. The molecule has 6 nitrogen and oxygen atoms in total. The van der Waals surface area contributed by atoms with Gasteiger partial charge in [-0.2, -0.15) is 10.2 Å². The predicted octanol–water partition coefficient (Wildman–Crippen LogP) is 4.41. The third kappa shape index (κ3) is 5.30. The summed E-state index contributed by atoms with van der Waals surface area (Å²) in [6.45, 7) is 2.83. The molecule has 0 aliphatic heterocycles. The van der Waals surface area contributed by atoms with Gasteiger partial charge in [-0.3, -0.25) is 9.89 Å². The molecule has 0 radical (unpaired) electrons. The molecule has 0 fully saturated rings. The molecule has 0 bridgehead atoms. The van der Waals surface area contributed by atoms with Gasteiger partial charge in [0.2, 0.25) is 0 Å². The number of hydrogen-bond acceptors (Lipinski definition) is 4. The summed E-state index contributed by atoms with van der Waals surface area (Å²) in [5, 5.41) is 11.0. The summed E-state index contributed by atoms with van der Waals surface area (Å²) in [6, 6.07) is 19.0. The van der Waals surface area contributed by atoms with E-state index in [1.807, 2.05) is 54.6 Å². The SMILES string of the molecule is CCCCCOc1ccccc1/C=N\NC(=O)c1cc(-c2ccccc2)n[nH]1. The van der Waals surface area contributed by atoms with E-state index >= 15 is 0 Å². The Bertz CT molecular complexity index is 919. The summed E-state index contributed by atoms with van der Waals surface area (Å²) in [5.74, 6) is 0.400. The molecule has 6 heteroatoms. The summed E-state index contributed by atoms with van der Waals surface area (Å²) < 4.78 is 5.81. The molecular weight excluding hydrogens is 352 g/mol. The average molecular weight is 376 g/mol. The molecule has 144 valence electrons. The Kier molecular flexibility index (Phi) is 6.95. The Morgan fingerprint density at radius 3 is 2.75 bits per heavy atom. The molecule has 3 aromatic rings. The highest BCUT2D eigenvalue weighted by molar-refractivity contribution is 5.94. The Morgan fingerprint density at radius 2 is 1.93 bits per heavy atom. The maximum Gasteiger partial charge on any atom is 0.289 e. The minimum Gasteiger partial charge on any atom is -0.493 e. The van der Waals surface area contributed by atoms with Gasteiger partial charge in [0.05, 0.1) is 18.5 Å². The molecule has 0 atom stereocenters. The van der Waals surface area contributed by atoms with E-state index in [2.05, 4.69) is 27.6 Å². The Hall–Kier alpha value is -3.41. The van der Waals surface area contributed by atoms with Gasteiger partial charge in [0, 0.05) is 11.1 Å². The van der Waals surface area contributed by atoms with Crippen LogP contribution in [-0.2, 0) is 0 Å². The first-order valence-corrected chi connectivity index (χ1v) is 9.44. The van der Waals surface area contributed by atoms with E-state index in [1.165, 1.54) is 0 Å². The van der Waals surface area contributed by atoms with Gasteiger partial charge >= 0.3 is 0 Å². The lowest BCUT2D eigenvalue weighted by Gasteiger charge is -2.08. The number of hydrogen-bond donors (Lipinski definition) is 2. The van der Waals surface area contributed by atoms with E-state index in [4.69, 9.17) is 4.74 Å². The van der Waals surface area contributed by atoms with E-state index < -0.39 is 0 Å². The number of amides is 1. The van der Waals surface area contributed by atoms with Gasteiger partial charge in [0.15, 0.2) is 0 Å². The number of H-pyrrole nitrogens is 1. The molecular formula is C22H24N4O2. The molecule has 2 aromatic carbocycles. The third-order valence-electron chi connectivity index (χ3n) is 4.19. The molecule has 1 aromatic heterocycles. The summed E-state index contributed by atoms with van der Waals surface area (Å²) in [6.07, 6.45) is 4.89. The fourth-order valence-corrected chi connectivity index (χ4v) is 2.67. The van der Waals surface area contributed by atoms with Crippen molar-refractivity contribution in [2.24, 2.45) is 5.10 Å². The van der Waals surface area contributed by atoms with Gasteiger partial charge in [-0.15, -0.1) is 0 Å². The van der Waals surface area contributed by atoms with E-state index in [9.17, 15) is 4.79 Å². The molecule has 0 saturated carbocycles. The number of nitrogens with zero attached hydrogens (tertiary/aromatic N) is 2. The molecule has 0 aliphatic carbocycles. The smallest absolute Gasteiger partial charge is 0.289 e. The second-order valence-electron chi connectivity index (χ2n) is 6.33. The second kappa shape index (κ2) is 10.1. The molecule has 1 amide bonds. The molecule has 28 heavy (non-hydrogen) atoms. The molecule has 0 aliphatic rings. The number of para-hydroxylation sites is 1. The lowest BCUT2D eigenvalue weighted by Crippen LogP contribution is -2.18. The summed E-state index contributed by atoms with van der Waals surface area (Å²) in [7, 11) is 0. The topological polar surface area (TPSA) is 79.4 Å². The molecule has 3 rings (SSSR count). The van der Waals surface area contributed by atoms with Crippen molar-refractivity contribution in [3.8, 4) is 17.0 Å². The minimum atomic E-state index is -0.354. The lowest BCUT2D eigenvalue weighted by molar-refractivity contribution is 0.0950. The Labute approximate surface area is 164 Å². The van der Waals surface area contributed by atoms with Crippen LogP contribution in [0, 0.1) is 0 Å². The summed E-state index contributed by atoms with van der Waals surface area (Å²) >= 11 is 0. The highest BCUT2D eigenvalue weighted by atomic mass is 16.5. The standard InChI is InChI=1S/C22H24N4O2/c1-2-3-9-14-28-21-13-8-7-12-18(21)16-23-26-22(27)20-15-19(24-25-20)17-10-5-4-6-11-17/h4-8,10-13,15-16H,2-3,9,14H2,1H3,(H,24,25)(H,26,27)/b23-16-. The highest BCUT2D eigenvalue weighted by Crippen LogP contribution is 2.17. The van der Waals surface area contributed by atoms with Crippen LogP contribution >= 0.6 is 0 Å². The second-order valence-corrected chi connectivity index (χ2v) is 6.33. The van der Waals surface area contributed by atoms with Gasteiger partial charge in [0.1, 0.15) is 11.4 Å². The van der Waals surface area contributed by atoms with Gasteiger partial charge in [-0.25, -0.2) is 5.43 Å². The van der Waals surface area contributed by atoms with Crippen molar-refractivity contribution in [1.29, 1.82) is 0 Å². The Balaban J connectivity index is 1.59. The Morgan fingerprint density at radius 1 is 1.14 bits per heavy atom. The first kappa shape index (κ1) is 19.4. The van der Waals surface area contributed by atoms with Gasteiger partial charge in [0.25, 0.3) is 5.91 Å². The van der Waals surface area contributed by atoms with Gasteiger partial charge in [-0.05, 0) is 24.6 Å². The van der Waals surface area contributed by atoms with Crippen LogP contribution in [0.3, 0.4) is 0 Å². The van der Waals surface area contributed by atoms with Crippen LogP contribution in [0.2, 0.25) is 0 Å². The van der Waals surface area contributed by atoms with Crippen molar-refractivity contribution in [3.05, 3.63) is 71.9 Å². The van der Waals surface area contributed by atoms with Gasteiger partial charge < -0.3 is 4.74 Å². The van der Waals surface area contributed by atoms with Crippen LogP contribution in [0.1, 0.15) is 42.2 Å². The van der Waals surface area contributed by atoms with Crippen molar-refractivity contribution in [2.75, 3.05) is 6.61 Å². The quantitative estimate of drug-likeness (QED) is 0.330. The first-order valence-electron chi connectivity index (χ1n) is 9.44. The van der Waals surface area contributed by atoms with E-state index in [0.29, 0.717) is 18.0 Å². The zero-order valence-electron chi connectivity index (χ0n) is 15.9. The fraction of sp³-hybridized carbons (Fsp3) is 0.227. The van der Waals surface area contributed by atoms with Crippen molar-refractivity contribution in [2.45, 2.75) is 26.2 Å². The van der Waals surface area contributed by atoms with E-state index in [1.54, 1.807) is 12.3 Å². The maximum absolute atomic E-state index is 12.3. The molecule has 0 unspecified atom stereocenters. The van der Waals surface area contributed by atoms with Crippen LogP contribution in [0.25, 0.3) is 11.3 Å². The number of unbranched alkanes of at least 4 members (excludes halogenated alkanes) is 2. The average Bonchev–Trinajstić information content (AvgIpc) is 3.23. The molecule has 0 spiro atoms. The number of benzene rings is 2. The first-order chi connectivity index (χ1) is 13.8. The molecule has 2 N–H and O–H groups in total. The number of hydrazone groups is 1. The number of carbonyl (C=O) groups excluding carboxylic acids is 1. The van der Waals surface area contributed by atoms with Crippen molar-refractivity contribution in [1.82, 2.24) is 15.6 Å². The van der Waals surface area contributed by atoms with Crippen LogP contribution in [-0.4, -0.2) is 28.9 Å². The molecule has 1 heterocycles. The normalized spacial score (nSPS) is 10.9. The molecule has 0 saturated heterocycles. The number of nitrogens with one attached hydrogen (secondary N) is 2. The minimum absolute atomic E-state index is 0.347. The third-order valence-corrected chi connectivity index (χ3v) is 4.19. The predicted molar refractivity (Wildman–Crippen MR) is 111 cm³/mol. The number of rotatable bonds is 9. The summed E-state index contributed by atoms with van der Waals surface area (Å²) in [5.41, 5.74) is 5.33. The van der Waals surface area contributed by atoms with Crippen LogP contribution in [0.5, 0.6) is 5.75 Å². The van der Waals surface area contributed by atoms with Crippen molar-refractivity contribution in [3.63, 3.8) is 0 Å². The highest BCUT2D eigenvalue weighted by Gasteiger charge is 2.10. The summed E-state index contributed by atoms with van der Waals surface area (Å²) in [4.78, 5) is 12.3. The van der Waals surface area contributed by atoms with Crippen molar-refractivity contribution >= 4 is 12.1 Å². The van der Waals surface area contributed by atoms with Gasteiger partial charge in [-0.1, -0.05) is 62.2 Å². The number of ether oxygens (including phenoxy) is 1. The zero-order valence-corrected chi connectivity index (χ0v) is 15.9. The largest absolute Gasteiger partial charge is 0.493 e. The maximum atomic E-state index is 12.3. The fourth-order valence-electron chi connectivity index (χ4n) is 2.67. The van der Waals surface area contributed by atoms with E-state index in [-0.39, 0.29) is 5.91 Å². The zero-order chi connectivity index (χ0) is 19.6. The van der Waals surface area contributed by atoms with E-state index in [0.717, 1.165) is 36.1 Å². The van der Waals surface area contributed by atoms with Crippen LogP contribution in [0.15, 0.2) is 65.8 Å². The number of carbonyl (C=O) groups is 1.